The summed E-state index contributed by atoms with van der Waals surface area (Å²) < 4.78 is 53.3. The Morgan fingerprint density at radius 1 is 0.917 bits per heavy atom. The number of aliphatic hydroxyl groups is 1. The molecule has 0 spiro atoms. The number of rotatable bonds is 13. The van der Waals surface area contributed by atoms with Gasteiger partial charge in [-0.1, -0.05) is 79.2 Å². The van der Waals surface area contributed by atoms with Crippen molar-refractivity contribution < 1.29 is 27.8 Å². The van der Waals surface area contributed by atoms with E-state index in [1.54, 1.807) is 18.5 Å². The van der Waals surface area contributed by atoms with Crippen LogP contribution < -0.4 is 9.64 Å². The minimum atomic E-state index is -4.55. The molecule has 0 aliphatic carbocycles. The first-order chi connectivity index (χ1) is 23.0. The van der Waals surface area contributed by atoms with Crippen LogP contribution in [0.1, 0.15) is 62.3 Å². The first kappa shape index (κ1) is 35.6. The van der Waals surface area contributed by atoms with Crippen molar-refractivity contribution in [3.8, 4) is 5.75 Å². The van der Waals surface area contributed by atoms with Crippen LogP contribution in [0.4, 0.5) is 19.1 Å². The highest BCUT2D eigenvalue weighted by atomic mass is 35.5. The van der Waals surface area contributed by atoms with Crippen molar-refractivity contribution in [1.29, 1.82) is 0 Å². The SMILES string of the molecule is CC[C@@H]1C[C@H](N(Cc2cc(Cl)cc(C(F)(F)F)c2)c2ncc(OCc3ccccc3)cn2)C[C@H](Cc2ccccc2)N1C(O)OC(C)C. The molecule has 1 aliphatic heterocycles. The standard InChI is InChI=1S/C37H42ClF3N4O3/c1-4-31-19-32(20-33(17-26-11-7-5-8-12-26)45(31)36(46)48-25(2)3)44(23-28-15-29(37(39,40)41)18-30(38)16-28)35-42-21-34(22-43-35)47-24-27-13-9-6-10-14-27/h5-16,18,21-22,25,31-33,36,46H,4,17,19-20,23-24H2,1-3H3/t31-,32+,33+,36?/m1/s1. The van der Waals surface area contributed by atoms with Crippen LogP contribution in [0.2, 0.25) is 5.02 Å². The summed E-state index contributed by atoms with van der Waals surface area (Å²) in [5.41, 5.74) is 1.68. The molecule has 4 atom stereocenters. The zero-order valence-corrected chi connectivity index (χ0v) is 28.1. The van der Waals surface area contributed by atoms with Gasteiger partial charge in [-0.2, -0.15) is 13.2 Å². The van der Waals surface area contributed by atoms with Crippen LogP contribution in [0.15, 0.2) is 91.3 Å². The molecule has 2 heterocycles. The van der Waals surface area contributed by atoms with E-state index in [-0.39, 0.29) is 35.8 Å². The molecule has 3 aromatic carbocycles. The molecule has 11 heteroatoms. The largest absolute Gasteiger partial charge is 0.486 e. The minimum Gasteiger partial charge on any atom is -0.486 e. The minimum absolute atomic E-state index is 0.00233. The molecule has 1 N–H and O–H groups in total. The fourth-order valence-electron chi connectivity index (χ4n) is 6.39. The summed E-state index contributed by atoms with van der Waals surface area (Å²) in [6, 6.07) is 23.0. The Morgan fingerprint density at radius 2 is 1.54 bits per heavy atom. The third-order valence-electron chi connectivity index (χ3n) is 8.56. The maximum Gasteiger partial charge on any atom is 0.416 e. The van der Waals surface area contributed by atoms with Crippen LogP contribution in [0, 0.1) is 0 Å². The monoisotopic (exact) mass is 682 g/mol. The van der Waals surface area contributed by atoms with Gasteiger partial charge in [0.2, 0.25) is 12.4 Å². The summed E-state index contributed by atoms with van der Waals surface area (Å²) in [5.74, 6) is 0.836. The number of benzene rings is 3. The van der Waals surface area contributed by atoms with Crippen LogP contribution in [0.5, 0.6) is 5.75 Å². The number of hydrogen-bond donors (Lipinski definition) is 1. The van der Waals surface area contributed by atoms with Gasteiger partial charge in [0.25, 0.3) is 0 Å². The highest BCUT2D eigenvalue weighted by Crippen LogP contribution is 2.36. The number of hydrogen-bond acceptors (Lipinski definition) is 7. The lowest BCUT2D eigenvalue weighted by Crippen LogP contribution is -2.59. The normalized spacial score (nSPS) is 19.3. The summed E-state index contributed by atoms with van der Waals surface area (Å²) in [6.07, 6.45) is -0.140. The zero-order valence-electron chi connectivity index (χ0n) is 27.4. The highest BCUT2D eigenvalue weighted by Gasteiger charge is 2.42. The number of piperidine rings is 1. The molecule has 1 saturated heterocycles. The maximum absolute atomic E-state index is 13.8. The number of aliphatic hydroxyl groups excluding tert-OH is 1. The van der Waals surface area contributed by atoms with Crippen LogP contribution in [0.25, 0.3) is 0 Å². The molecule has 48 heavy (non-hydrogen) atoms. The van der Waals surface area contributed by atoms with Gasteiger partial charge in [-0.05, 0) is 74.4 Å². The molecular formula is C37H42ClF3N4O3. The Kier molecular flexibility index (Phi) is 12.0. The number of likely N-dealkylation sites (tertiary alicyclic amines) is 1. The van der Waals surface area contributed by atoms with Crippen molar-refractivity contribution in [3.05, 3.63) is 119 Å². The number of nitrogens with zero attached hydrogens (tertiary/aromatic N) is 4. The van der Waals surface area contributed by atoms with Gasteiger partial charge in [0.05, 0.1) is 24.1 Å². The molecule has 0 bridgehead atoms. The van der Waals surface area contributed by atoms with E-state index in [4.69, 9.17) is 21.1 Å². The van der Waals surface area contributed by atoms with E-state index < -0.39 is 18.2 Å². The molecule has 1 aliphatic rings. The van der Waals surface area contributed by atoms with Gasteiger partial charge >= 0.3 is 6.18 Å². The number of ether oxygens (including phenoxy) is 2. The van der Waals surface area contributed by atoms with E-state index >= 15 is 0 Å². The molecule has 0 radical (unpaired) electrons. The quantitative estimate of drug-likeness (QED) is 0.142. The van der Waals surface area contributed by atoms with Gasteiger partial charge in [0.1, 0.15) is 6.61 Å². The zero-order chi connectivity index (χ0) is 34.3. The smallest absolute Gasteiger partial charge is 0.416 e. The lowest BCUT2D eigenvalue weighted by atomic mass is 9.86. The third-order valence-corrected chi connectivity index (χ3v) is 8.78. The summed E-state index contributed by atoms with van der Waals surface area (Å²) >= 11 is 6.22. The lowest BCUT2D eigenvalue weighted by Gasteiger charge is -2.49. The number of anilines is 1. The van der Waals surface area contributed by atoms with Crippen LogP contribution in [-0.4, -0.2) is 50.6 Å². The van der Waals surface area contributed by atoms with Crippen LogP contribution >= 0.6 is 11.6 Å². The highest BCUT2D eigenvalue weighted by molar-refractivity contribution is 6.30. The summed E-state index contributed by atoms with van der Waals surface area (Å²) in [7, 11) is 0. The predicted octanol–water partition coefficient (Wildman–Crippen LogP) is 8.29. The topological polar surface area (TPSA) is 71.0 Å². The first-order valence-electron chi connectivity index (χ1n) is 16.3. The van der Waals surface area contributed by atoms with Crippen molar-refractivity contribution in [2.75, 3.05) is 4.90 Å². The summed E-state index contributed by atoms with van der Waals surface area (Å²) in [5, 5.41) is 11.3. The molecular weight excluding hydrogens is 641 g/mol. The fourth-order valence-corrected chi connectivity index (χ4v) is 6.64. The second kappa shape index (κ2) is 16.1. The van der Waals surface area contributed by atoms with E-state index in [2.05, 4.69) is 29.0 Å². The molecule has 1 fully saturated rings. The Morgan fingerprint density at radius 3 is 2.15 bits per heavy atom. The van der Waals surface area contributed by atoms with Gasteiger partial charge in [0, 0.05) is 29.7 Å². The predicted molar refractivity (Wildman–Crippen MR) is 181 cm³/mol. The molecule has 0 amide bonds. The van der Waals surface area contributed by atoms with Gasteiger partial charge < -0.3 is 19.5 Å². The summed E-state index contributed by atoms with van der Waals surface area (Å²) in [4.78, 5) is 13.3. The Labute approximate surface area is 285 Å². The van der Waals surface area contributed by atoms with Crippen molar-refractivity contribution in [2.45, 2.75) is 96.4 Å². The van der Waals surface area contributed by atoms with Gasteiger partial charge in [-0.25, -0.2) is 14.9 Å². The fraction of sp³-hybridized carbons (Fsp3) is 0.405. The van der Waals surface area contributed by atoms with Crippen molar-refractivity contribution in [3.63, 3.8) is 0 Å². The van der Waals surface area contributed by atoms with Gasteiger partial charge in [0.15, 0.2) is 5.75 Å². The van der Waals surface area contributed by atoms with E-state index in [0.29, 0.717) is 43.1 Å². The first-order valence-corrected chi connectivity index (χ1v) is 16.6. The number of aromatic nitrogens is 2. The third kappa shape index (κ3) is 9.47. The molecule has 0 saturated carbocycles. The second-order valence-corrected chi connectivity index (χ2v) is 12.9. The van der Waals surface area contributed by atoms with Crippen molar-refractivity contribution >= 4 is 17.5 Å². The van der Waals surface area contributed by atoms with E-state index in [1.807, 2.05) is 72.2 Å². The van der Waals surface area contributed by atoms with E-state index in [9.17, 15) is 18.3 Å². The molecule has 256 valence electrons. The van der Waals surface area contributed by atoms with Crippen LogP contribution in [0.3, 0.4) is 0 Å². The van der Waals surface area contributed by atoms with Crippen molar-refractivity contribution in [2.24, 2.45) is 0 Å². The van der Waals surface area contributed by atoms with E-state index in [1.165, 1.54) is 0 Å². The van der Waals surface area contributed by atoms with Gasteiger partial charge in [-0.15, -0.1) is 0 Å². The van der Waals surface area contributed by atoms with Crippen molar-refractivity contribution in [1.82, 2.24) is 14.9 Å². The number of halogens is 4. The molecule has 4 aromatic rings. The molecule has 1 aromatic heterocycles. The van der Waals surface area contributed by atoms with E-state index in [0.717, 1.165) is 29.7 Å². The maximum atomic E-state index is 13.8. The number of alkyl halides is 3. The molecule has 1 unspecified atom stereocenters. The Balaban J connectivity index is 1.49. The van der Waals surface area contributed by atoms with Crippen LogP contribution in [-0.2, 0) is 30.5 Å². The average Bonchev–Trinajstić information content (AvgIpc) is 3.06. The molecule has 7 nitrogen and oxygen atoms in total. The molecule has 5 rings (SSSR count). The average molecular weight is 683 g/mol. The second-order valence-electron chi connectivity index (χ2n) is 12.5. The Hall–Kier alpha value is -3.70. The summed E-state index contributed by atoms with van der Waals surface area (Å²) in [6.45, 7) is 6.27. The van der Waals surface area contributed by atoms with Gasteiger partial charge in [-0.3, -0.25) is 0 Å². The Bertz CT molecular complexity index is 1580. The lowest BCUT2D eigenvalue weighted by molar-refractivity contribution is -0.242.